The second kappa shape index (κ2) is 7.47. The van der Waals surface area contributed by atoms with E-state index < -0.39 is 10.0 Å². The molecular formula is C13H22N2O3S. The van der Waals surface area contributed by atoms with Gasteiger partial charge in [-0.3, -0.25) is 4.72 Å². The summed E-state index contributed by atoms with van der Waals surface area (Å²) in [7, 11) is -1.45. The van der Waals surface area contributed by atoms with Gasteiger partial charge in [0.15, 0.2) is 0 Å². The Morgan fingerprint density at radius 1 is 1.26 bits per heavy atom. The van der Waals surface area contributed by atoms with E-state index in [0.29, 0.717) is 12.3 Å². The van der Waals surface area contributed by atoms with Crippen LogP contribution in [0.5, 0.6) is 0 Å². The Labute approximate surface area is 115 Å². The van der Waals surface area contributed by atoms with E-state index in [2.05, 4.69) is 10.0 Å². The molecule has 0 saturated heterocycles. The molecule has 0 bridgehead atoms. The van der Waals surface area contributed by atoms with E-state index in [1.807, 2.05) is 33.0 Å². The number of anilines is 1. The summed E-state index contributed by atoms with van der Waals surface area (Å²) in [6.45, 7) is 4.61. The van der Waals surface area contributed by atoms with Gasteiger partial charge in [-0.25, -0.2) is 8.42 Å². The summed E-state index contributed by atoms with van der Waals surface area (Å²) < 4.78 is 31.1. The van der Waals surface area contributed by atoms with Crippen LogP contribution in [-0.4, -0.2) is 34.4 Å². The van der Waals surface area contributed by atoms with Crippen molar-refractivity contribution in [2.45, 2.75) is 19.9 Å². The first-order valence-corrected chi connectivity index (χ1v) is 7.99. The Balaban J connectivity index is 2.62. The number of rotatable bonds is 8. The SMILES string of the molecule is CCOCCS(=O)(=O)Nc1ccc(C(C)NC)cc1. The van der Waals surface area contributed by atoms with Crippen molar-refractivity contribution in [2.24, 2.45) is 0 Å². The molecule has 1 unspecified atom stereocenters. The molecule has 0 saturated carbocycles. The van der Waals surface area contributed by atoms with Gasteiger partial charge in [0.1, 0.15) is 0 Å². The van der Waals surface area contributed by atoms with Crippen molar-refractivity contribution in [2.75, 3.05) is 30.7 Å². The molecule has 0 fully saturated rings. The zero-order valence-electron chi connectivity index (χ0n) is 11.6. The Hall–Kier alpha value is -1.11. The number of nitrogens with one attached hydrogen (secondary N) is 2. The summed E-state index contributed by atoms with van der Waals surface area (Å²) in [6, 6.07) is 7.58. The van der Waals surface area contributed by atoms with Crippen LogP contribution in [0.1, 0.15) is 25.5 Å². The van der Waals surface area contributed by atoms with E-state index in [9.17, 15) is 8.42 Å². The van der Waals surface area contributed by atoms with Gasteiger partial charge >= 0.3 is 0 Å². The molecule has 19 heavy (non-hydrogen) atoms. The maximum absolute atomic E-state index is 11.7. The van der Waals surface area contributed by atoms with Crippen LogP contribution in [-0.2, 0) is 14.8 Å². The van der Waals surface area contributed by atoms with E-state index in [1.54, 1.807) is 12.1 Å². The van der Waals surface area contributed by atoms with E-state index in [4.69, 9.17) is 4.74 Å². The smallest absolute Gasteiger partial charge is 0.234 e. The third kappa shape index (κ3) is 5.59. The van der Waals surface area contributed by atoms with Crippen LogP contribution in [0.2, 0.25) is 0 Å². The molecule has 1 aromatic carbocycles. The van der Waals surface area contributed by atoms with Crippen molar-refractivity contribution >= 4 is 15.7 Å². The number of hydrogen-bond donors (Lipinski definition) is 2. The van der Waals surface area contributed by atoms with Gasteiger partial charge in [0, 0.05) is 18.3 Å². The Bertz CT molecular complexity index is 471. The minimum absolute atomic E-state index is 0.0322. The van der Waals surface area contributed by atoms with Crippen LogP contribution < -0.4 is 10.0 Å². The molecule has 6 heteroatoms. The highest BCUT2D eigenvalue weighted by Crippen LogP contribution is 2.16. The summed E-state index contributed by atoms with van der Waals surface area (Å²) in [6.07, 6.45) is 0. The van der Waals surface area contributed by atoms with Crippen molar-refractivity contribution in [3.8, 4) is 0 Å². The molecule has 0 aromatic heterocycles. The number of benzene rings is 1. The van der Waals surface area contributed by atoms with Crippen LogP contribution in [0.15, 0.2) is 24.3 Å². The molecule has 1 rings (SSSR count). The fraction of sp³-hybridized carbons (Fsp3) is 0.538. The average molecular weight is 286 g/mol. The fourth-order valence-corrected chi connectivity index (χ4v) is 2.48. The highest BCUT2D eigenvalue weighted by Gasteiger charge is 2.10. The summed E-state index contributed by atoms with van der Waals surface area (Å²) in [4.78, 5) is 0. The first kappa shape index (κ1) is 15.9. The predicted octanol–water partition coefficient (Wildman–Crippen LogP) is 1.75. The predicted molar refractivity (Wildman–Crippen MR) is 77.8 cm³/mol. The second-order valence-electron chi connectivity index (χ2n) is 4.25. The number of hydrogen-bond acceptors (Lipinski definition) is 4. The highest BCUT2D eigenvalue weighted by molar-refractivity contribution is 7.92. The minimum atomic E-state index is -3.34. The third-order valence-corrected chi connectivity index (χ3v) is 4.07. The second-order valence-corrected chi connectivity index (χ2v) is 6.09. The van der Waals surface area contributed by atoms with Crippen molar-refractivity contribution < 1.29 is 13.2 Å². The zero-order chi connectivity index (χ0) is 14.3. The van der Waals surface area contributed by atoms with Crippen molar-refractivity contribution in [3.63, 3.8) is 0 Å². The molecule has 5 nitrogen and oxygen atoms in total. The lowest BCUT2D eigenvalue weighted by Crippen LogP contribution is -2.20. The molecule has 1 aromatic rings. The Kier molecular flexibility index (Phi) is 6.27. The Morgan fingerprint density at radius 2 is 1.89 bits per heavy atom. The van der Waals surface area contributed by atoms with Crippen LogP contribution in [0, 0.1) is 0 Å². The largest absolute Gasteiger partial charge is 0.381 e. The molecule has 2 N–H and O–H groups in total. The van der Waals surface area contributed by atoms with Gasteiger partial charge < -0.3 is 10.1 Å². The molecular weight excluding hydrogens is 264 g/mol. The lowest BCUT2D eigenvalue weighted by Gasteiger charge is -2.12. The molecule has 0 amide bonds. The maximum Gasteiger partial charge on any atom is 0.234 e. The molecule has 0 aliphatic carbocycles. The van der Waals surface area contributed by atoms with Crippen LogP contribution in [0.4, 0.5) is 5.69 Å². The molecule has 108 valence electrons. The van der Waals surface area contributed by atoms with Gasteiger partial charge in [-0.1, -0.05) is 12.1 Å². The summed E-state index contributed by atoms with van der Waals surface area (Å²) >= 11 is 0. The summed E-state index contributed by atoms with van der Waals surface area (Å²) in [5.74, 6) is -0.0322. The van der Waals surface area contributed by atoms with E-state index >= 15 is 0 Å². The molecule has 1 atom stereocenters. The van der Waals surface area contributed by atoms with E-state index in [1.165, 1.54) is 0 Å². The monoisotopic (exact) mass is 286 g/mol. The standard InChI is InChI=1S/C13H22N2O3S/c1-4-18-9-10-19(16,17)15-13-7-5-12(6-8-13)11(2)14-3/h5-8,11,14-15H,4,9-10H2,1-3H3. The van der Waals surface area contributed by atoms with Crippen LogP contribution in [0.3, 0.4) is 0 Å². The first-order valence-electron chi connectivity index (χ1n) is 6.34. The van der Waals surface area contributed by atoms with Gasteiger partial charge in [-0.2, -0.15) is 0 Å². The minimum Gasteiger partial charge on any atom is -0.381 e. The molecule has 0 heterocycles. The molecule has 0 spiro atoms. The Morgan fingerprint density at radius 3 is 2.42 bits per heavy atom. The van der Waals surface area contributed by atoms with Gasteiger partial charge in [-0.05, 0) is 38.6 Å². The quantitative estimate of drug-likeness (QED) is 0.714. The van der Waals surface area contributed by atoms with Crippen LogP contribution >= 0.6 is 0 Å². The molecule has 0 aliphatic heterocycles. The van der Waals surface area contributed by atoms with Crippen molar-refractivity contribution in [1.29, 1.82) is 0 Å². The molecule has 0 radical (unpaired) electrons. The van der Waals surface area contributed by atoms with Gasteiger partial charge in [0.2, 0.25) is 10.0 Å². The van der Waals surface area contributed by atoms with Crippen molar-refractivity contribution in [3.05, 3.63) is 29.8 Å². The maximum atomic E-state index is 11.7. The van der Waals surface area contributed by atoms with E-state index in [-0.39, 0.29) is 18.4 Å². The van der Waals surface area contributed by atoms with Gasteiger partial charge in [0.05, 0.1) is 12.4 Å². The first-order chi connectivity index (χ1) is 8.98. The molecule has 0 aliphatic rings. The average Bonchev–Trinajstić information content (AvgIpc) is 2.38. The van der Waals surface area contributed by atoms with Gasteiger partial charge in [0.25, 0.3) is 0 Å². The normalized spacial score (nSPS) is 13.2. The summed E-state index contributed by atoms with van der Waals surface area (Å²) in [5.41, 5.74) is 1.68. The zero-order valence-corrected chi connectivity index (χ0v) is 12.5. The topological polar surface area (TPSA) is 67.4 Å². The highest BCUT2D eigenvalue weighted by atomic mass is 32.2. The van der Waals surface area contributed by atoms with Gasteiger partial charge in [-0.15, -0.1) is 0 Å². The lowest BCUT2D eigenvalue weighted by molar-refractivity contribution is 0.163. The van der Waals surface area contributed by atoms with Crippen LogP contribution in [0.25, 0.3) is 0 Å². The summed E-state index contributed by atoms with van der Waals surface area (Å²) in [5, 5.41) is 3.13. The lowest BCUT2D eigenvalue weighted by atomic mass is 10.1. The fourth-order valence-electron chi connectivity index (χ4n) is 1.55. The third-order valence-electron chi connectivity index (χ3n) is 2.82. The number of sulfonamides is 1. The number of ether oxygens (including phenoxy) is 1. The van der Waals surface area contributed by atoms with E-state index in [0.717, 1.165) is 5.56 Å². The van der Waals surface area contributed by atoms with Crippen molar-refractivity contribution in [1.82, 2.24) is 5.32 Å².